The Morgan fingerprint density at radius 2 is 2.19 bits per heavy atom. The average molecular weight is 227 g/mol. The van der Waals surface area contributed by atoms with E-state index in [1.165, 1.54) is 6.92 Å². The molecule has 0 spiro atoms. The first kappa shape index (κ1) is 11.3. The first-order chi connectivity index (χ1) is 7.41. The Morgan fingerprint density at radius 3 is 2.81 bits per heavy atom. The van der Waals surface area contributed by atoms with Gasteiger partial charge in [0.2, 0.25) is 0 Å². The molecule has 1 aromatic rings. The van der Waals surface area contributed by atoms with Crippen molar-refractivity contribution in [3.63, 3.8) is 0 Å². The van der Waals surface area contributed by atoms with Gasteiger partial charge in [-0.15, -0.1) is 0 Å². The summed E-state index contributed by atoms with van der Waals surface area (Å²) in [4.78, 5) is 0. The maximum atomic E-state index is 12.8. The number of rotatable bonds is 2. The van der Waals surface area contributed by atoms with Gasteiger partial charge in [0.15, 0.2) is 0 Å². The van der Waals surface area contributed by atoms with Gasteiger partial charge in [-0.1, -0.05) is 6.07 Å². The first-order valence-corrected chi connectivity index (χ1v) is 5.28. The van der Waals surface area contributed by atoms with Crippen LogP contribution in [0.4, 0.5) is 8.78 Å². The van der Waals surface area contributed by atoms with E-state index in [4.69, 9.17) is 10.5 Å². The molecule has 2 atom stereocenters. The molecule has 4 heteroatoms. The first-order valence-electron chi connectivity index (χ1n) is 5.28. The Kier molecular flexibility index (Phi) is 2.62. The zero-order valence-corrected chi connectivity index (χ0v) is 9.34. The maximum absolute atomic E-state index is 12.8. The zero-order chi connectivity index (χ0) is 11.9. The molecule has 0 bridgehead atoms. The summed E-state index contributed by atoms with van der Waals surface area (Å²) in [5.74, 6) is 0.779. The van der Waals surface area contributed by atoms with Gasteiger partial charge in [-0.2, -0.15) is 0 Å². The molecule has 0 aliphatic carbocycles. The Labute approximate surface area is 93.4 Å². The van der Waals surface area contributed by atoms with E-state index in [0.29, 0.717) is 5.56 Å². The van der Waals surface area contributed by atoms with Gasteiger partial charge in [-0.05, 0) is 37.1 Å². The molecular weight excluding hydrogens is 212 g/mol. The maximum Gasteiger partial charge on any atom is 0.260 e. The molecule has 2 unspecified atom stereocenters. The summed E-state index contributed by atoms with van der Waals surface area (Å²) >= 11 is 0. The fourth-order valence-corrected chi connectivity index (χ4v) is 1.88. The topological polar surface area (TPSA) is 35.2 Å². The predicted molar refractivity (Wildman–Crippen MR) is 57.8 cm³/mol. The minimum atomic E-state index is -2.58. The summed E-state index contributed by atoms with van der Waals surface area (Å²) in [6, 6.07) is 5.07. The molecule has 0 amide bonds. The second-order valence-corrected chi connectivity index (χ2v) is 4.54. The molecule has 0 fully saturated rings. The smallest absolute Gasteiger partial charge is 0.260 e. The monoisotopic (exact) mass is 227 g/mol. The van der Waals surface area contributed by atoms with Crippen molar-refractivity contribution >= 4 is 0 Å². The van der Waals surface area contributed by atoms with Crippen LogP contribution in [0.3, 0.4) is 0 Å². The number of fused-ring (bicyclic) bond motifs is 1. The Bertz CT molecular complexity index is 404. The molecule has 2 nitrogen and oxygen atoms in total. The fraction of sp³-hybridized carbons (Fsp3) is 0.500. The van der Waals surface area contributed by atoms with Crippen LogP contribution in [-0.4, -0.2) is 12.5 Å². The Balaban J connectivity index is 2.36. The van der Waals surface area contributed by atoms with Crippen LogP contribution in [0.5, 0.6) is 5.75 Å². The minimum Gasteiger partial charge on any atom is -0.490 e. The molecule has 0 aromatic heterocycles. The second-order valence-electron chi connectivity index (χ2n) is 4.54. The lowest BCUT2D eigenvalue weighted by Gasteiger charge is -2.24. The molecule has 88 valence electrons. The van der Waals surface area contributed by atoms with Crippen LogP contribution in [0.1, 0.15) is 25.0 Å². The molecular formula is C12H15F2NO. The summed E-state index contributed by atoms with van der Waals surface area (Å²) in [7, 11) is 0. The second kappa shape index (κ2) is 3.70. The normalized spacial score (nSPS) is 22.8. The SMILES string of the molecule is CC1Cc2cc(C(C)(N)C(F)F)ccc2O1. The van der Waals surface area contributed by atoms with Crippen LogP contribution in [-0.2, 0) is 12.0 Å². The molecule has 0 saturated carbocycles. The summed E-state index contributed by atoms with van der Waals surface area (Å²) in [5, 5.41) is 0. The van der Waals surface area contributed by atoms with Crippen LogP contribution in [0.25, 0.3) is 0 Å². The van der Waals surface area contributed by atoms with E-state index < -0.39 is 12.0 Å². The van der Waals surface area contributed by atoms with Crippen LogP contribution in [0.15, 0.2) is 18.2 Å². The predicted octanol–water partition coefficient (Wildman–Crippen LogP) is 2.45. The quantitative estimate of drug-likeness (QED) is 0.842. The van der Waals surface area contributed by atoms with Gasteiger partial charge >= 0.3 is 0 Å². The molecule has 1 aliphatic heterocycles. The Hall–Kier alpha value is -1.16. The van der Waals surface area contributed by atoms with Crippen molar-refractivity contribution in [2.24, 2.45) is 5.73 Å². The van der Waals surface area contributed by atoms with E-state index in [9.17, 15) is 8.78 Å². The van der Waals surface area contributed by atoms with E-state index in [0.717, 1.165) is 17.7 Å². The van der Waals surface area contributed by atoms with Gasteiger partial charge in [-0.25, -0.2) is 8.78 Å². The summed E-state index contributed by atoms with van der Waals surface area (Å²) in [6.45, 7) is 3.30. The molecule has 2 rings (SSSR count). The van der Waals surface area contributed by atoms with E-state index in [1.54, 1.807) is 18.2 Å². The highest BCUT2D eigenvalue weighted by Crippen LogP contribution is 2.33. The average Bonchev–Trinajstić information content (AvgIpc) is 2.56. The highest BCUT2D eigenvalue weighted by atomic mass is 19.3. The van der Waals surface area contributed by atoms with Crippen LogP contribution >= 0.6 is 0 Å². The molecule has 1 aromatic carbocycles. The van der Waals surface area contributed by atoms with Gasteiger partial charge < -0.3 is 10.5 Å². The fourth-order valence-electron chi connectivity index (χ4n) is 1.88. The Morgan fingerprint density at radius 1 is 1.50 bits per heavy atom. The van der Waals surface area contributed by atoms with Crippen molar-refractivity contribution in [1.82, 2.24) is 0 Å². The van der Waals surface area contributed by atoms with Gasteiger partial charge in [-0.3, -0.25) is 0 Å². The van der Waals surface area contributed by atoms with Gasteiger partial charge in [0.05, 0.1) is 5.54 Å². The van der Waals surface area contributed by atoms with E-state index >= 15 is 0 Å². The molecule has 0 radical (unpaired) electrons. The van der Waals surface area contributed by atoms with E-state index in [2.05, 4.69) is 0 Å². The number of benzene rings is 1. The largest absolute Gasteiger partial charge is 0.490 e. The molecule has 1 aliphatic rings. The number of hydrogen-bond acceptors (Lipinski definition) is 2. The number of alkyl halides is 2. The number of hydrogen-bond donors (Lipinski definition) is 1. The number of halogens is 2. The van der Waals surface area contributed by atoms with Crippen molar-refractivity contribution in [3.05, 3.63) is 29.3 Å². The molecule has 0 saturated heterocycles. The number of ether oxygens (including phenoxy) is 1. The third-order valence-electron chi connectivity index (χ3n) is 2.97. The van der Waals surface area contributed by atoms with Gasteiger partial charge in [0.25, 0.3) is 6.43 Å². The summed E-state index contributed by atoms with van der Waals surface area (Å²) in [6.07, 6.45) is -1.71. The molecule has 2 N–H and O–H groups in total. The lowest BCUT2D eigenvalue weighted by atomic mass is 9.91. The standard InChI is InChI=1S/C12H15F2NO/c1-7-5-8-6-9(3-4-10(8)16-7)12(2,15)11(13)14/h3-4,6-7,11H,5,15H2,1-2H3. The van der Waals surface area contributed by atoms with Crippen molar-refractivity contribution in [1.29, 1.82) is 0 Å². The highest BCUT2D eigenvalue weighted by molar-refractivity contribution is 5.42. The lowest BCUT2D eigenvalue weighted by Crippen LogP contribution is -2.40. The van der Waals surface area contributed by atoms with Gasteiger partial charge in [0, 0.05) is 6.42 Å². The summed E-state index contributed by atoms with van der Waals surface area (Å²) < 4.78 is 31.0. The van der Waals surface area contributed by atoms with Crippen LogP contribution in [0.2, 0.25) is 0 Å². The zero-order valence-electron chi connectivity index (χ0n) is 9.34. The molecule has 1 heterocycles. The van der Waals surface area contributed by atoms with Crippen molar-refractivity contribution in [2.45, 2.75) is 38.3 Å². The molecule has 16 heavy (non-hydrogen) atoms. The van der Waals surface area contributed by atoms with Crippen molar-refractivity contribution in [3.8, 4) is 5.75 Å². The summed E-state index contributed by atoms with van der Waals surface area (Å²) in [5.41, 5.74) is 5.44. The van der Waals surface area contributed by atoms with Crippen molar-refractivity contribution < 1.29 is 13.5 Å². The third kappa shape index (κ3) is 1.78. The van der Waals surface area contributed by atoms with E-state index in [-0.39, 0.29) is 6.10 Å². The minimum absolute atomic E-state index is 0.112. The van der Waals surface area contributed by atoms with E-state index in [1.807, 2.05) is 6.92 Å². The van der Waals surface area contributed by atoms with Gasteiger partial charge in [0.1, 0.15) is 11.9 Å². The lowest BCUT2D eigenvalue weighted by molar-refractivity contribution is 0.0625. The van der Waals surface area contributed by atoms with Crippen LogP contribution in [0, 0.1) is 0 Å². The highest BCUT2D eigenvalue weighted by Gasteiger charge is 2.33. The number of nitrogens with two attached hydrogens (primary N) is 1. The van der Waals surface area contributed by atoms with Crippen LogP contribution < -0.4 is 10.5 Å². The van der Waals surface area contributed by atoms with Crippen molar-refractivity contribution in [2.75, 3.05) is 0 Å². The third-order valence-corrected chi connectivity index (χ3v) is 2.97.